The Hall–Kier alpha value is -3.55. The first-order valence-corrected chi connectivity index (χ1v) is 7.88. The molecule has 4 N–H and O–H groups in total. The number of amides is 1. The summed E-state index contributed by atoms with van der Waals surface area (Å²) in [6.45, 7) is 1.81. The number of hydrazine groups is 1. The molecule has 0 spiro atoms. The normalized spacial score (nSPS) is 10.4. The van der Waals surface area contributed by atoms with Crippen LogP contribution in [0.2, 0.25) is 0 Å². The smallest absolute Gasteiger partial charge is 0.244 e. The van der Waals surface area contributed by atoms with Crippen LogP contribution < -0.4 is 16.6 Å². The second-order valence-electron chi connectivity index (χ2n) is 5.55. The van der Waals surface area contributed by atoms with Crippen LogP contribution in [-0.4, -0.2) is 20.9 Å². The van der Waals surface area contributed by atoms with Crippen molar-refractivity contribution in [2.75, 3.05) is 11.2 Å². The summed E-state index contributed by atoms with van der Waals surface area (Å²) in [5.74, 6) is -0.551. The molecule has 0 aliphatic heterocycles. The van der Waals surface area contributed by atoms with Gasteiger partial charge in [0.1, 0.15) is 5.82 Å². The van der Waals surface area contributed by atoms with Gasteiger partial charge < -0.3 is 5.73 Å². The van der Waals surface area contributed by atoms with E-state index in [1.165, 1.54) is 18.3 Å². The van der Waals surface area contributed by atoms with Crippen molar-refractivity contribution in [3.63, 3.8) is 0 Å². The van der Waals surface area contributed by atoms with Crippen LogP contribution in [0.25, 0.3) is 11.3 Å². The first-order valence-electron chi connectivity index (χ1n) is 7.88. The lowest BCUT2D eigenvalue weighted by molar-refractivity contribution is -0.120. The highest BCUT2D eigenvalue weighted by Gasteiger charge is 2.13. The maximum Gasteiger partial charge on any atom is 0.244 e. The van der Waals surface area contributed by atoms with Crippen LogP contribution >= 0.6 is 0 Å². The van der Waals surface area contributed by atoms with E-state index in [9.17, 15) is 9.18 Å². The number of nitrogen functional groups attached to an aromatic ring is 1. The molecule has 8 heteroatoms. The molecule has 7 nitrogen and oxygen atoms in total. The fraction of sp³-hybridized carbons (Fsp3) is 0.111. The molecule has 0 saturated heterocycles. The van der Waals surface area contributed by atoms with Crippen LogP contribution in [0.3, 0.4) is 0 Å². The minimum absolute atomic E-state index is 0.0655. The zero-order chi connectivity index (χ0) is 18.5. The Labute approximate surface area is 149 Å². The Morgan fingerprint density at radius 1 is 1.15 bits per heavy atom. The maximum absolute atomic E-state index is 13.6. The summed E-state index contributed by atoms with van der Waals surface area (Å²) in [4.78, 5) is 24.3. The predicted octanol–water partition coefficient (Wildman–Crippen LogP) is 2.25. The quantitative estimate of drug-likeness (QED) is 0.608. The summed E-state index contributed by atoms with van der Waals surface area (Å²) in [6, 6.07) is 12.2. The second-order valence-corrected chi connectivity index (χ2v) is 5.55. The Morgan fingerprint density at radius 2 is 1.92 bits per heavy atom. The van der Waals surface area contributed by atoms with Crippen LogP contribution in [0.1, 0.15) is 11.3 Å². The minimum Gasteiger partial charge on any atom is -0.368 e. The Morgan fingerprint density at radius 3 is 2.65 bits per heavy atom. The number of benzene rings is 1. The van der Waals surface area contributed by atoms with Gasteiger partial charge in [0.25, 0.3) is 0 Å². The summed E-state index contributed by atoms with van der Waals surface area (Å²) in [7, 11) is 0. The van der Waals surface area contributed by atoms with Crippen molar-refractivity contribution in [2.45, 2.75) is 13.3 Å². The molecule has 2 heterocycles. The number of nitrogens with two attached hydrogens (primary N) is 1. The number of rotatable bonds is 5. The topological polar surface area (TPSA) is 106 Å². The van der Waals surface area contributed by atoms with Crippen LogP contribution in [0.5, 0.6) is 0 Å². The molecule has 1 aromatic carbocycles. The van der Waals surface area contributed by atoms with Crippen molar-refractivity contribution in [1.29, 1.82) is 0 Å². The van der Waals surface area contributed by atoms with Crippen LogP contribution in [-0.2, 0) is 11.2 Å². The molecule has 0 unspecified atom stereocenters. The number of aromatic nitrogens is 3. The second kappa shape index (κ2) is 7.56. The lowest BCUT2D eigenvalue weighted by Gasteiger charge is -2.13. The third-order valence-corrected chi connectivity index (χ3v) is 3.69. The van der Waals surface area contributed by atoms with E-state index in [0.29, 0.717) is 11.5 Å². The average molecular weight is 352 g/mol. The number of carbonyl (C=O) groups is 1. The van der Waals surface area contributed by atoms with Gasteiger partial charge in [0.2, 0.25) is 11.9 Å². The van der Waals surface area contributed by atoms with Gasteiger partial charge in [-0.15, -0.1) is 0 Å². The van der Waals surface area contributed by atoms with E-state index in [2.05, 4.69) is 25.8 Å². The first kappa shape index (κ1) is 17.3. The molecule has 0 aliphatic rings. The van der Waals surface area contributed by atoms with Crippen LogP contribution in [0.4, 0.5) is 16.2 Å². The zero-order valence-corrected chi connectivity index (χ0v) is 14.0. The van der Waals surface area contributed by atoms with Gasteiger partial charge in [0, 0.05) is 17.3 Å². The fourth-order valence-electron chi connectivity index (χ4n) is 2.41. The molecule has 0 fully saturated rings. The van der Waals surface area contributed by atoms with Crippen molar-refractivity contribution in [2.24, 2.45) is 0 Å². The van der Waals surface area contributed by atoms with E-state index >= 15 is 0 Å². The number of halogens is 1. The number of nitrogens with one attached hydrogen (secondary N) is 2. The third-order valence-electron chi connectivity index (χ3n) is 3.69. The molecule has 3 aromatic rings. The summed E-state index contributed by atoms with van der Waals surface area (Å²) in [6.07, 6.45) is 1.23. The van der Waals surface area contributed by atoms with Gasteiger partial charge in [-0.05, 0) is 19.1 Å². The van der Waals surface area contributed by atoms with E-state index in [1.54, 1.807) is 0 Å². The van der Waals surface area contributed by atoms with E-state index in [0.717, 1.165) is 11.1 Å². The molecule has 0 atom stereocenters. The number of anilines is 2. The van der Waals surface area contributed by atoms with E-state index < -0.39 is 11.7 Å². The van der Waals surface area contributed by atoms with E-state index in [4.69, 9.17) is 5.73 Å². The van der Waals surface area contributed by atoms with Crippen molar-refractivity contribution >= 4 is 17.7 Å². The Kier molecular flexibility index (Phi) is 5.02. The summed E-state index contributed by atoms with van der Waals surface area (Å²) in [5, 5.41) is 0. The van der Waals surface area contributed by atoms with Gasteiger partial charge >= 0.3 is 0 Å². The predicted molar refractivity (Wildman–Crippen MR) is 96.3 cm³/mol. The van der Waals surface area contributed by atoms with Gasteiger partial charge in [-0.2, -0.15) is 4.98 Å². The van der Waals surface area contributed by atoms with Crippen LogP contribution in [0.15, 0.2) is 48.7 Å². The Balaban J connectivity index is 1.75. The van der Waals surface area contributed by atoms with Gasteiger partial charge in [-0.1, -0.05) is 30.3 Å². The van der Waals surface area contributed by atoms with Crippen LogP contribution in [0, 0.1) is 12.7 Å². The van der Waals surface area contributed by atoms with E-state index in [-0.39, 0.29) is 18.1 Å². The number of nitrogens with zero attached hydrogens (tertiary/aromatic N) is 3. The number of carbonyl (C=O) groups excluding carboxylic acids is 1. The summed E-state index contributed by atoms with van der Waals surface area (Å²) >= 11 is 0. The summed E-state index contributed by atoms with van der Waals surface area (Å²) < 4.78 is 13.6. The molecular weight excluding hydrogens is 335 g/mol. The van der Waals surface area contributed by atoms with Crippen molar-refractivity contribution in [1.82, 2.24) is 20.4 Å². The first-order chi connectivity index (χ1) is 12.5. The van der Waals surface area contributed by atoms with Crippen molar-refractivity contribution in [3.8, 4) is 11.3 Å². The molecule has 2 aromatic heterocycles. The molecule has 0 bridgehead atoms. The molecule has 0 radical (unpaired) electrons. The lowest BCUT2D eigenvalue weighted by atomic mass is 10.1. The van der Waals surface area contributed by atoms with Crippen molar-refractivity contribution < 1.29 is 9.18 Å². The third kappa shape index (κ3) is 3.92. The highest BCUT2D eigenvalue weighted by molar-refractivity contribution is 5.80. The summed E-state index contributed by atoms with van der Waals surface area (Å²) in [5.41, 5.74) is 13.3. The SMILES string of the molecule is Cc1c(NNC(=O)Cc2ncccc2F)nc(N)nc1-c1ccccc1. The highest BCUT2D eigenvalue weighted by atomic mass is 19.1. The van der Waals surface area contributed by atoms with Gasteiger partial charge in [0.15, 0.2) is 5.82 Å². The van der Waals surface area contributed by atoms with Gasteiger partial charge in [-0.25, -0.2) is 9.37 Å². The molecule has 26 heavy (non-hydrogen) atoms. The highest BCUT2D eigenvalue weighted by Crippen LogP contribution is 2.25. The van der Waals surface area contributed by atoms with Crippen molar-refractivity contribution in [3.05, 3.63) is 65.7 Å². The lowest BCUT2D eigenvalue weighted by Crippen LogP contribution is -2.32. The molecule has 132 valence electrons. The largest absolute Gasteiger partial charge is 0.368 e. The number of hydrogen-bond acceptors (Lipinski definition) is 6. The van der Waals surface area contributed by atoms with Gasteiger partial charge in [-0.3, -0.25) is 20.6 Å². The number of pyridine rings is 1. The van der Waals surface area contributed by atoms with Gasteiger partial charge in [0.05, 0.1) is 17.8 Å². The molecular formula is C18H17FN6O. The molecule has 0 aliphatic carbocycles. The maximum atomic E-state index is 13.6. The fourth-order valence-corrected chi connectivity index (χ4v) is 2.41. The molecule has 1 amide bonds. The zero-order valence-electron chi connectivity index (χ0n) is 14.0. The van der Waals surface area contributed by atoms with E-state index in [1.807, 2.05) is 37.3 Å². The minimum atomic E-state index is -0.531. The molecule has 0 saturated carbocycles. The standard InChI is InChI=1S/C18H17FN6O/c1-11-16(12-6-3-2-4-7-12)22-18(20)23-17(11)25-24-15(26)10-14-13(19)8-5-9-21-14/h2-9H,10H2,1H3,(H,24,26)(H3,20,22,23,25). The average Bonchev–Trinajstić information content (AvgIpc) is 2.65. The number of hydrogen-bond donors (Lipinski definition) is 3. The monoisotopic (exact) mass is 352 g/mol. The molecule has 3 rings (SSSR count). The Bertz CT molecular complexity index is 932.